The summed E-state index contributed by atoms with van der Waals surface area (Å²) in [6, 6.07) is 5.76. The van der Waals surface area contributed by atoms with Crippen LogP contribution in [-0.2, 0) is 12.1 Å². The molecule has 0 heterocycles. The second kappa shape index (κ2) is 3.26. The van der Waals surface area contributed by atoms with Crippen LogP contribution in [0.1, 0.15) is 30.9 Å². The smallest absolute Gasteiger partial charge is 0.137 e. The Labute approximate surface area is 83.9 Å². The van der Waals surface area contributed by atoms with E-state index >= 15 is 0 Å². The van der Waals surface area contributed by atoms with Crippen LogP contribution in [0.3, 0.4) is 0 Å². The van der Waals surface area contributed by atoms with Crippen LogP contribution in [0, 0.1) is 0 Å². The van der Waals surface area contributed by atoms with Crippen LogP contribution < -0.4 is 4.74 Å². The van der Waals surface area contributed by atoms with E-state index in [1.54, 1.807) is 14.0 Å². The number of methoxy groups -OCH3 is 1. The summed E-state index contributed by atoms with van der Waals surface area (Å²) in [6.07, 6.45) is 2.49. The number of hydrogen-bond donors (Lipinski definition) is 0. The number of rotatable bonds is 1. The number of benzene rings is 1. The summed E-state index contributed by atoms with van der Waals surface area (Å²) in [4.78, 5) is 0. The Morgan fingerprint density at radius 2 is 2.21 bits per heavy atom. The highest BCUT2D eigenvalue weighted by molar-refractivity contribution is 5.45. The maximum absolute atomic E-state index is 14.2. The van der Waals surface area contributed by atoms with Crippen LogP contribution in [0.2, 0.25) is 0 Å². The summed E-state index contributed by atoms with van der Waals surface area (Å²) in [5.74, 6) is 0.687. The van der Waals surface area contributed by atoms with E-state index in [1.807, 2.05) is 18.2 Å². The highest BCUT2D eigenvalue weighted by atomic mass is 19.1. The summed E-state index contributed by atoms with van der Waals surface area (Å²) >= 11 is 0. The highest BCUT2D eigenvalue weighted by Crippen LogP contribution is 2.43. The largest absolute Gasteiger partial charge is 0.496 e. The van der Waals surface area contributed by atoms with Crippen molar-refractivity contribution in [2.75, 3.05) is 7.11 Å². The molecule has 2 rings (SSSR count). The van der Waals surface area contributed by atoms with Gasteiger partial charge in [-0.05, 0) is 37.8 Å². The minimum Gasteiger partial charge on any atom is -0.496 e. The van der Waals surface area contributed by atoms with Gasteiger partial charge in [0.15, 0.2) is 0 Å². The maximum Gasteiger partial charge on any atom is 0.137 e. The molecule has 0 spiro atoms. The normalized spacial score (nSPS) is 25.6. The monoisotopic (exact) mass is 194 g/mol. The first-order valence-corrected chi connectivity index (χ1v) is 5.00. The molecule has 14 heavy (non-hydrogen) atoms. The third-order valence-corrected chi connectivity index (χ3v) is 2.95. The van der Waals surface area contributed by atoms with Crippen molar-refractivity contribution in [3.8, 4) is 5.75 Å². The van der Waals surface area contributed by atoms with Gasteiger partial charge in [0.25, 0.3) is 0 Å². The highest BCUT2D eigenvalue weighted by Gasteiger charge is 2.34. The summed E-state index contributed by atoms with van der Waals surface area (Å²) in [7, 11) is 1.60. The van der Waals surface area contributed by atoms with Crippen molar-refractivity contribution < 1.29 is 9.13 Å². The van der Waals surface area contributed by atoms with Crippen molar-refractivity contribution >= 4 is 0 Å². The zero-order chi connectivity index (χ0) is 10.2. The molecule has 0 aromatic heterocycles. The zero-order valence-electron chi connectivity index (χ0n) is 8.64. The molecule has 1 aromatic rings. The Morgan fingerprint density at radius 3 is 2.93 bits per heavy atom. The first-order chi connectivity index (χ1) is 6.65. The predicted octanol–water partition coefficient (Wildman–Crippen LogP) is 3.22. The molecule has 2 heteroatoms. The number of hydrogen-bond acceptors (Lipinski definition) is 1. The van der Waals surface area contributed by atoms with Crippen LogP contribution in [-0.4, -0.2) is 7.11 Å². The van der Waals surface area contributed by atoms with E-state index in [0.29, 0.717) is 12.2 Å². The SMILES string of the molecule is COc1cccc2c1C(C)(F)CCC2. The number of aryl methyl sites for hydroxylation is 1. The van der Waals surface area contributed by atoms with Crippen molar-refractivity contribution in [3.05, 3.63) is 29.3 Å². The third kappa shape index (κ3) is 1.39. The summed E-state index contributed by atoms with van der Waals surface area (Å²) in [5, 5.41) is 0. The molecule has 0 amide bonds. The standard InChI is InChI=1S/C12H15FO/c1-12(13)8-4-6-9-5-3-7-10(14-2)11(9)12/h3,5,7H,4,6,8H2,1-2H3. The molecule has 1 nitrogen and oxygen atoms in total. The van der Waals surface area contributed by atoms with Crippen molar-refractivity contribution in [1.82, 2.24) is 0 Å². The van der Waals surface area contributed by atoms with Crippen LogP contribution >= 0.6 is 0 Å². The van der Waals surface area contributed by atoms with E-state index in [4.69, 9.17) is 4.74 Å². The Kier molecular flexibility index (Phi) is 2.22. The van der Waals surface area contributed by atoms with Gasteiger partial charge in [0, 0.05) is 5.56 Å². The van der Waals surface area contributed by atoms with Crippen LogP contribution in [0.25, 0.3) is 0 Å². The molecule has 0 saturated heterocycles. The molecular formula is C12H15FO. The van der Waals surface area contributed by atoms with Crippen molar-refractivity contribution in [1.29, 1.82) is 0 Å². The van der Waals surface area contributed by atoms with Gasteiger partial charge in [-0.3, -0.25) is 0 Å². The minimum absolute atomic E-state index is 0.598. The van der Waals surface area contributed by atoms with Crippen molar-refractivity contribution in [2.45, 2.75) is 31.9 Å². The molecular weight excluding hydrogens is 179 g/mol. The molecule has 1 aromatic carbocycles. The minimum atomic E-state index is -1.22. The quantitative estimate of drug-likeness (QED) is 0.667. The lowest BCUT2D eigenvalue weighted by atomic mass is 9.81. The fourth-order valence-electron chi connectivity index (χ4n) is 2.28. The second-order valence-electron chi connectivity index (χ2n) is 4.05. The van der Waals surface area contributed by atoms with Gasteiger partial charge in [0.05, 0.1) is 7.11 Å². The third-order valence-electron chi connectivity index (χ3n) is 2.95. The Bertz CT molecular complexity index is 330. The maximum atomic E-state index is 14.2. The molecule has 1 atom stereocenters. The van der Waals surface area contributed by atoms with Gasteiger partial charge in [-0.2, -0.15) is 0 Å². The summed E-state index contributed by atoms with van der Waals surface area (Å²) < 4.78 is 19.4. The molecule has 0 aliphatic heterocycles. The van der Waals surface area contributed by atoms with Gasteiger partial charge in [0.2, 0.25) is 0 Å². The average molecular weight is 194 g/mol. The van der Waals surface area contributed by atoms with E-state index in [1.165, 1.54) is 0 Å². The fraction of sp³-hybridized carbons (Fsp3) is 0.500. The predicted molar refractivity (Wildman–Crippen MR) is 54.4 cm³/mol. The molecule has 1 aliphatic carbocycles. The number of fused-ring (bicyclic) bond motifs is 1. The van der Waals surface area contributed by atoms with Crippen molar-refractivity contribution in [2.24, 2.45) is 0 Å². The molecule has 0 radical (unpaired) electrons. The molecule has 0 fully saturated rings. The lowest BCUT2D eigenvalue weighted by Gasteiger charge is -2.30. The second-order valence-corrected chi connectivity index (χ2v) is 4.05. The summed E-state index contributed by atoms with van der Waals surface area (Å²) in [5.41, 5.74) is 0.634. The number of alkyl halides is 1. The van der Waals surface area contributed by atoms with Crippen LogP contribution in [0.15, 0.2) is 18.2 Å². The van der Waals surface area contributed by atoms with Gasteiger partial charge >= 0.3 is 0 Å². The molecule has 0 bridgehead atoms. The molecule has 1 aliphatic rings. The van der Waals surface area contributed by atoms with Gasteiger partial charge in [0.1, 0.15) is 11.4 Å². The Morgan fingerprint density at radius 1 is 1.43 bits per heavy atom. The molecule has 0 saturated carbocycles. The van der Waals surface area contributed by atoms with Crippen molar-refractivity contribution in [3.63, 3.8) is 0 Å². The molecule has 76 valence electrons. The Balaban J connectivity index is 2.58. The molecule has 0 N–H and O–H groups in total. The molecule has 1 unspecified atom stereocenters. The van der Waals surface area contributed by atoms with Gasteiger partial charge < -0.3 is 4.74 Å². The van der Waals surface area contributed by atoms with E-state index in [2.05, 4.69) is 0 Å². The fourth-order valence-corrected chi connectivity index (χ4v) is 2.28. The van der Waals surface area contributed by atoms with E-state index in [-0.39, 0.29) is 0 Å². The first kappa shape index (κ1) is 9.50. The van der Waals surface area contributed by atoms with E-state index in [0.717, 1.165) is 24.0 Å². The Hall–Kier alpha value is -1.05. The van der Waals surface area contributed by atoms with E-state index in [9.17, 15) is 4.39 Å². The van der Waals surface area contributed by atoms with Crippen LogP contribution in [0.4, 0.5) is 4.39 Å². The lowest BCUT2D eigenvalue weighted by Crippen LogP contribution is -2.23. The van der Waals surface area contributed by atoms with E-state index < -0.39 is 5.67 Å². The zero-order valence-corrected chi connectivity index (χ0v) is 8.64. The van der Waals surface area contributed by atoms with Gasteiger partial charge in [-0.25, -0.2) is 4.39 Å². The topological polar surface area (TPSA) is 9.23 Å². The number of ether oxygens (including phenoxy) is 1. The van der Waals surface area contributed by atoms with Crippen LogP contribution in [0.5, 0.6) is 5.75 Å². The van der Waals surface area contributed by atoms with Gasteiger partial charge in [-0.15, -0.1) is 0 Å². The van der Waals surface area contributed by atoms with Gasteiger partial charge in [-0.1, -0.05) is 12.1 Å². The lowest BCUT2D eigenvalue weighted by molar-refractivity contribution is 0.156. The average Bonchev–Trinajstić information content (AvgIpc) is 2.16. The first-order valence-electron chi connectivity index (χ1n) is 5.00. The summed E-state index contributed by atoms with van der Waals surface area (Å²) in [6.45, 7) is 1.65. The number of halogens is 1.